The van der Waals surface area contributed by atoms with Gasteiger partial charge in [0.2, 0.25) is 11.9 Å². The van der Waals surface area contributed by atoms with Crippen LogP contribution in [0.15, 0.2) is 58.3 Å². The van der Waals surface area contributed by atoms with Crippen molar-refractivity contribution < 1.29 is 9.21 Å². The number of nitrogens with two attached hydrogens (primary N) is 1. The molecular weight excluding hydrogens is 386 g/mol. The molecule has 3 heterocycles. The second-order valence-corrected chi connectivity index (χ2v) is 8.50. The second-order valence-electron chi connectivity index (χ2n) is 7.43. The van der Waals surface area contributed by atoms with Gasteiger partial charge in [-0.2, -0.15) is 0 Å². The number of hydrogen-bond donors (Lipinski definition) is 1. The summed E-state index contributed by atoms with van der Waals surface area (Å²) in [4.78, 5) is 14.5. The highest BCUT2D eigenvalue weighted by molar-refractivity contribution is 8.00. The van der Waals surface area contributed by atoms with Crippen LogP contribution in [0.25, 0.3) is 0 Å². The van der Waals surface area contributed by atoms with Gasteiger partial charge in [-0.3, -0.25) is 9.36 Å². The summed E-state index contributed by atoms with van der Waals surface area (Å²) in [5.41, 5.74) is 6.57. The molecule has 2 N–H and O–H groups in total. The normalized spacial score (nSPS) is 16.1. The van der Waals surface area contributed by atoms with E-state index in [9.17, 15) is 4.79 Å². The van der Waals surface area contributed by atoms with Crippen LogP contribution in [0.5, 0.6) is 0 Å². The first-order valence-corrected chi connectivity index (χ1v) is 10.7. The number of aromatic nitrogens is 3. The number of furan rings is 1. The van der Waals surface area contributed by atoms with Crippen molar-refractivity contribution in [2.45, 2.75) is 36.7 Å². The number of carbonyl (C=O) groups is 1. The van der Waals surface area contributed by atoms with Gasteiger partial charge in [0.05, 0.1) is 12.8 Å². The first-order valence-electron chi connectivity index (χ1n) is 9.83. The number of nitrogens with zero attached hydrogens (tertiary/aromatic N) is 4. The van der Waals surface area contributed by atoms with Gasteiger partial charge >= 0.3 is 0 Å². The van der Waals surface area contributed by atoms with Gasteiger partial charge in [0.15, 0.2) is 5.16 Å². The Balaban J connectivity index is 1.66. The van der Waals surface area contributed by atoms with Gasteiger partial charge in [0, 0.05) is 13.1 Å². The van der Waals surface area contributed by atoms with Gasteiger partial charge in [-0.1, -0.05) is 49.0 Å². The van der Waals surface area contributed by atoms with Crippen molar-refractivity contribution in [2.24, 2.45) is 11.7 Å². The van der Waals surface area contributed by atoms with Gasteiger partial charge in [-0.05, 0) is 36.5 Å². The lowest BCUT2D eigenvalue weighted by atomic mass is 10.00. The smallest absolute Gasteiger partial charge is 0.235 e. The molecule has 7 nitrogen and oxygen atoms in total. The van der Waals surface area contributed by atoms with Crippen LogP contribution in [0.4, 0.5) is 5.95 Å². The van der Waals surface area contributed by atoms with Crippen LogP contribution < -0.4 is 10.6 Å². The Labute approximate surface area is 174 Å². The molecule has 1 amide bonds. The van der Waals surface area contributed by atoms with E-state index in [0.29, 0.717) is 11.7 Å². The SMILES string of the molecule is CC1CCN(c2nnc(SC(C(N)=O)c3ccccc3)n2Cc2ccco2)CC1. The highest BCUT2D eigenvalue weighted by atomic mass is 32.2. The Bertz CT molecular complexity index is 933. The first kappa shape index (κ1) is 19.6. The van der Waals surface area contributed by atoms with Crippen LogP contribution in [0.3, 0.4) is 0 Å². The molecule has 0 radical (unpaired) electrons. The average Bonchev–Trinajstić information content (AvgIpc) is 3.38. The zero-order valence-electron chi connectivity index (χ0n) is 16.4. The summed E-state index contributed by atoms with van der Waals surface area (Å²) in [6.45, 7) is 4.67. The number of benzene rings is 1. The third-order valence-corrected chi connectivity index (χ3v) is 6.49. The summed E-state index contributed by atoms with van der Waals surface area (Å²) in [6, 6.07) is 13.3. The maximum Gasteiger partial charge on any atom is 0.235 e. The van der Waals surface area contributed by atoms with Crippen molar-refractivity contribution in [1.82, 2.24) is 14.8 Å². The number of rotatable bonds is 7. The Morgan fingerprint density at radius 3 is 2.62 bits per heavy atom. The van der Waals surface area contributed by atoms with Crippen LogP contribution in [0.1, 0.15) is 36.3 Å². The third kappa shape index (κ3) is 4.48. The summed E-state index contributed by atoms with van der Waals surface area (Å²) >= 11 is 1.33. The summed E-state index contributed by atoms with van der Waals surface area (Å²) in [5, 5.41) is 9.02. The van der Waals surface area contributed by atoms with Crippen molar-refractivity contribution in [1.29, 1.82) is 0 Å². The summed E-state index contributed by atoms with van der Waals surface area (Å²) in [6.07, 6.45) is 3.92. The lowest BCUT2D eigenvalue weighted by Gasteiger charge is -2.31. The maximum absolute atomic E-state index is 12.2. The zero-order chi connectivity index (χ0) is 20.2. The molecule has 0 spiro atoms. The van der Waals surface area contributed by atoms with E-state index in [0.717, 1.165) is 49.1 Å². The molecule has 1 unspecified atom stereocenters. The minimum Gasteiger partial charge on any atom is -0.467 e. The molecule has 1 aliphatic heterocycles. The van der Waals surface area contributed by atoms with E-state index < -0.39 is 11.2 Å². The van der Waals surface area contributed by atoms with Crippen molar-refractivity contribution in [3.63, 3.8) is 0 Å². The Morgan fingerprint density at radius 1 is 1.21 bits per heavy atom. The molecule has 0 aliphatic carbocycles. The van der Waals surface area contributed by atoms with Crippen LogP contribution in [0.2, 0.25) is 0 Å². The Kier molecular flexibility index (Phi) is 5.89. The largest absolute Gasteiger partial charge is 0.467 e. The lowest BCUT2D eigenvalue weighted by molar-refractivity contribution is -0.117. The number of anilines is 1. The highest BCUT2D eigenvalue weighted by Gasteiger charge is 2.27. The number of primary amides is 1. The monoisotopic (exact) mass is 411 g/mol. The van der Waals surface area contributed by atoms with Crippen LogP contribution in [-0.4, -0.2) is 33.8 Å². The van der Waals surface area contributed by atoms with Crippen LogP contribution in [0, 0.1) is 5.92 Å². The average molecular weight is 412 g/mol. The van der Waals surface area contributed by atoms with Crippen molar-refractivity contribution in [3.8, 4) is 0 Å². The number of thioether (sulfide) groups is 1. The molecule has 1 saturated heterocycles. The molecule has 1 aliphatic rings. The van der Waals surface area contributed by atoms with E-state index >= 15 is 0 Å². The van der Waals surface area contributed by atoms with E-state index in [-0.39, 0.29) is 0 Å². The second kappa shape index (κ2) is 8.73. The van der Waals surface area contributed by atoms with Gasteiger partial charge in [-0.25, -0.2) is 0 Å². The number of carbonyl (C=O) groups excluding carboxylic acids is 1. The van der Waals surface area contributed by atoms with E-state index in [4.69, 9.17) is 10.2 Å². The predicted octanol–water partition coefficient (Wildman–Crippen LogP) is 3.47. The van der Waals surface area contributed by atoms with E-state index in [1.54, 1.807) is 6.26 Å². The Hall–Kier alpha value is -2.74. The number of hydrogen-bond acceptors (Lipinski definition) is 6. The molecule has 1 aromatic carbocycles. The fraction of sp³-hybridized carbons (Fsp3) is 0.381. The lowest BCUT2D eigenvalue weighted by Crippen LogP contribution is -2.35. The molecule has 3 aromatic rings. The van der Waals surface area contributed by atoms with E-state index in [1.807, 2.05) is 47.0 Å². The highest BCUT2D eigenvalue weighted by Crippen LogP contribution is 2.36. The van der Waals surface area contributed by atoms with Gasteiger partial charge in [-0.15, -0.1) is 10.2 Å². The van der Waals surface area contributed by atoms with Crippen LogP contribution >= 0.6 is 11.8 Å². The van der Waals surface area contributed by atoms with Crippen molar-refractivity contribution in [2.75, 3.05) is 18.0 Å². The minimum atomic E-state index is -0.537. The molecule has 0 saturated carbocycles. The predicted molar refractivity (Wildman–Crippen MR) is 113 cm³/mol. The molecule has 0 bridgehead atoms. The molecule has 4 rings (SSSR count). The standard InChI is InChI=1S/C21H25N5O2S/c1-15-9-11-25(12-10-15)20-23-24-21(26(20)14-17-8-5-13-28-17)29-18(19(22)27)16-6-3-2-4-7-16/h2-8,13,15,18H,9-12,14H2,1H3,(H2,22,27). The van der Waals surface area contributed by atoms with Gasteiger partial charge in [0.25, 0.3) is 0 Å². The van der Waals surface area contributed by atoms with Gasteiger partial charge < -0.3 is 15.1 Å². The fourth-order valence-corrected chi connectivity index (χ4v) is 4.51. The maximum atomic E-state index is 12.2. The number of amides is 1. The van der Waals surface area contributed by atoms with Crippen molar-refractivity contribution in [3.05, 3.63) is 60.1 Å². The zero-order valence-corrected chi connectivity index (χ0v) is 17.2. The number of piperidine rings is 1. The topological polar surface area (TPSA) is 90.2 Å². The van der Waals surface area contributed by atoms with E-state index in [1.165, 1.54) is 11.8 Å². The summed E-state index contributed by atoms with van der Waals surface area (Å²) in [7, 11) is 0. The first-order chi connectivity index (χ1) is 14.1. The van der Waals surface area contributed by atoms with Crippen molar-refractivity contribution >= 4 is 23.6 Å². The fourth-order valence-electron chi connectivity index (χ4n) is 3.53. The third-order valence-electron chi connectivity index (χ3n) is 5.24. The summed E-state index contributed by atoms with van der Waals surface area (Å²) in [5.74, 6) is 1.95. The van der Waals surface area contributed by atoms with Gasteiger partial charge in [0.1, 0.15) is 11.0 Å². The molecule has 1 fully saturated rings. The van der Waals surface area contributed by atoms with E-state index in [2.05, 4.69) is 22.0 Å². The molecular formula is C21H25N5O2S. The quantitative estimate of drug-likeness (QED) is 0.599. The Morgan fingerprint density at radius 2 is 1.97 bits per heavy atom. The molecule has 8 heteroatoms. The summed E-state index contributed by atoms with van der Waals surface area (Å²) < 4.78 is 7.59. The molecule has 29 heavy (non-hydrogen) atoms. The minimum absolute atomic E-state index is 0.401. The van der Waals surface area contributed by atoms with Crippen LogP contribution in [-0.2, 0) is 11.3 Å². The molecule has 2 aromatic heterocycles. The molecule has 1 atom stereocenters. The molecule has 152 valence electrons.